The summed E-state index contributed by atoms with van der Waals surface area (Å²) in [6.45, 7) is 0. The second kappa shape index (κ2) is 3.32. The minimum absolute atomic E-state index is 0.160. The molecule has 0 spiro atoms. The lowest BCUT2D eigenvalue weighted by Gasteiger charge is -1.91. The van der Waals surface area contributed by atoms with Crippen LogP contribution in [0.4, 0.5) is 0 Å². The number of benzene rings is 1. The van der Waals surface area contributed by atoms with Crippen molar-refractivity contribution in [2.75, 3.05) is 0 Å². The Balaban J connectivity index is 2.47. The number of aromatic hydroxyl groups is 1. The van der Waals surface area contributed by atoms with E-state index in [1.807, 2.05) is 0 Å². The van der Waals surface area contributed by atoms with Crippen LogP contribution in [0.15, 0.2) is 28.8 Å². The molecule has 3 nitrogen and oxygen atoms in total. The van der Waals surface area contributed by atoms with E-state index in [-0.39, 0.29) is 5.95 Å². The summed E-state index contributed by atoms with van der Waals surface area (Å²) in [4.78, 5) is 0.608. The van der Waals surface area contributed by atoms with Crippen LogP contribution in [0.2, 0.25) is 5.02 Å². The molecular weight excluding hydrogens is 210 g/mol. The standard InChI is InChI=1S/C8H4ClNO2S/c9-6-3-1-5(2-4-6)7-8(11)12-10-13-7/h1-4H/p+1. The minimum atomic E-state index is -0.160. The van der Waals surface area contributed by atoms with Gasteiger partial charge in [-0.2, -0.15) is 0 Å². The molecule has 1 heterocycles. The van der Waals surface area contributed by atoms with Gasteiger partial charge in [0.25, 0.3) is 0 Å². The number of hydrogen-bond donors (Lipinski definition) is 1. The van der Waals surface area contributed by atoms with E-state index in [1.165, 1.54) is 0 Å². The van der Waals surface area contributed by atoms with E-state index in [0.717, 1.165) is 17.1 Å². The summed E-state index contributed by atoms with van der Waals surface area (Å²) in [5.41, 5.74) is 0.841. The molecule has 0 saturated carbocycles. The summed E-state index contributed by atoms with van der Waals surface area (Å²) in [7, 11) is 0. The Kier molecular flexibility index (Phi) is 2.16. The van der Waals surface area contributed by atoms with Gasteiger partial charge in [0.2, 0.25) is 4.88 Å². The quantitative estimate of drug-likeness (QED) is 0.742. The molecule has 1 N–H and O–H groups in total. The second-order valence-electron chi connectivity index (χ2n) is 2.40. The Bertz CT molecular complexity index is 412. The van der Waals surface area contributed by atoms with Gasteiger partial charge in [-0.3, -0.25) is 0 Å². The Morgan fingerprint density at radius 1 is 1.31 bits per heavy atom. The van der Waals surface area contributed by atoms with Crippen LogP contribution in [0, 0.1) is 0 Å². The van der Waals surface area contributed by atoms with Gasteiger partial charge in [0.15, 0.2) is 0 Å². The van der Waals surface area contributed by atoms with Gasteiger partial charge in [-0.05, 0) is 12.1 Å². The average molecular weight is 215 g/mol. The van der Waals surface area contributed by atoms with E-state index in [2.05, 4.69) is 9.07 Å². The highest BCUT2D eigenvalue weighted by atomic mass is 35.5. The maximum absolute atomic E-state index is 9.22. The third kappa shape index (κ3) is 1.64. The molecule has 5 heteroatoms. The Morgan fingerprint density at radius 3 is 2.54 bits per heavy atom. The van der Waals surface area contributed by atoms with Gasteiger partial charge in [-0.1, -0.05) is 23.7 Å². The molecule has 0 fully saturated rings. The summed E-state index contributed by atoms with van der Waals surface area (Å²) in [6.07, 6.45) is 0. The molecule has 0 saturated heterocycles. The zero-order chi connectivity index (χ0) is 9.26. The molecule has 2 aromatic rings. The third-order valence-corrected chi connectivity index (χ3v) is 2.55. The lowest BCUT2D eigenvalue weighted by molar-refractivity contribution is 0.284. The van der Waals surface area contributed by atoms with Crippen LogP contribution in [-0.4, -0.2) is 9.65 Å². The van der Waals surface area contributed by atoms with Crippen molar-refractivity contribution in [3.8, 4) is 16.4 Å². The SMILES string of the molecule is Oc1[o+]nsc1-c1ccc(Cl)cc1. The van der Waals surface area contributed by atoms with E-state index in [1.54, 1.807) is 24.3 Å². The van der Waals surface area contributed by atoms with Crippen molar-refractivity contribution >= 4 is 23.1 Å². The molecule has 1 aromatic carbocycles. The van der Waals surface area contributed by atoms with E-state index in [4.69, 9.17) is 11.6 Å². The Hall–Kier alpha value is -1.13. The lowest BCUT2D eigenvalue weighted by Crippen LogP contribution is -1.71. The van der Waals surface area contributed by atoms with Crippen molar-refractivity contribution in [1.29, 1.82) is 0 Å². The van der Waals surface area contributed by atoms with E-state index in [9.17, 15) is 5.11 Å². The van der Waals surface area contributed by atoms with E-state index in [0.29, 0.717) is 9.90 Å². The zero-order valence-corrected chi connectivity index (χ0v) is 7.97. The van der Waals surface area contributed by atoms with Gasteiger partial charge >= 0.3 is 5.95 Å². The minimum Gasteiger partial charge on any atom is -0.332 e. The molecule has 66 valence electrons. The van der Waals surface area contributed by atoms with Crippen LogP contribution in [-0.2, 0) is 0 Å². The zero-order valence-electron chi connectivity index (χ0n) is 6.40. The maximum Gasteiger partial charge on any atom is 0.566 e. The molecular formula is C8H5ClNO2S+. The maximum atomic E-state index is 9.22. The predicted octanol–water partition coefficient (Wildman–Crippen LogP) is 3.04. The summed E-state index contributed by atoms with van der Waals surface area (Å²) in [6, 6.07) is 7.09. The van der Waals surface area contributed by atoms with Gasteiger partial charge in [0.1, 0.15) is 4.55 Å². The first-order chi connectivity index (χ1) is 6.27. The Labute approximate surface area is 83.3 Å². The van der Waals surface area contributed by atoms with Crippen LogP contribution in [0.3, 0.4) is 0 Å². The first-order valence-electron chi connectivity index (χ1n) is 3.51. The van der Waals surface area contributed by atoms with Crippen molar-refractivity contribution in [1.82, 2.24) is 4.55 Å². The molecule has 0 atom stereocenters. The number of hydrogen-bond acceptors (Lipinski definition) is 3. The molecule has 0 aliphatic carbocycles. The number of nitrogens with zero attached hydrogens (tertiary/aromatic N) is 1. The fourth-order valence-corrected chi connectivity index (χ4v) is 1.61. The lowest BCUT2D eigenvalue weighted by atomic mass is 10.2. The van der Waals surface area contributed by atoms with E-state index < -0.39 is 0 Å². The van der Waals surface area contributed by atoms with Crippen LogP contribution in [0.1, 0.15) is 0 Å². The number of halogens is 1. The smallest absolute Gasteiger partial charge is 0.332 e. The van der Waals surface area contributed by atoms with Crippen molar-refractivity contribution in [2.45, 2.75) is 0 Å². The number of aromatic nitrogens is 1. The number of rotatable bonds is 1. The summed E-state index contributed by atoms with van der Waals surface area (Å²) in [5.74, 6) is -0.160. The second-order valence-corrected chi connectivity index (χ2v) is 3.57. The fraction of sp³-hybridized carbons (Fsp3) is 0. The first kappa shape index (κ1) is 8.47. The highest BCUT2D eigenvalue weighted by Gasteiger charge is 2.19. The van der Waals surface area contributed by atoms with Crippen LogP contribution in [0.25, 0.3) is 10.4 Å². The molecule has 0 bridgehead atoms. The largest absolute Gasteiger partial charge is 0.566 e. The molecule has 2 rings (SSSR count). The molecule has 0 amide bonds. The van der Waals surface area contributed by atoms with Gasteiger partial charge < -0.3 is 5.11 Å². The molecule has 0 unspecified atom stereocenters. The molecule has 0 radical (unpaired) electrons. The highest BCUT2D eigenvalue weighted by Crippen LogP contribution is 2.32. The van der Waals surface area contributed by atoms with Crippen LogP contribution >= 0.6 is 23.1 Å². The summed E-state index contributed by atoms with van der Waals surface area (Å²) < 4.78 is 8.04. The first-order valence-corrected chi connectivity index (χ1v) is 4.66. The van der Waals surface area contributed by atoms with E-state index >= 15 is 0 Å². The van der Waals surface area contributed by atoms with Gasteiger partial charge in [0, 0.05) is 22.1 Å². The van der Waals surface area contributed by atoms with Crippen molar-refractivity contribution in [3.05, 3.63) is 29.3 Å². The molecule has 0 aliphatic rings. The summed E-state index contributed by atoms with van der Waals surface area (Å²) in [5, 5.41) is 9.88. The van der Waals surface area contributed by atoms with Gasteiger partial charge in [0.05, 0.1) is 0 Å². The van der Waals surface area contributed by atoms with Crippen molar-refractivity contribution in [3.63, 3.8) is 0 Å². The monoisotopic (exact) mass is 214 g/mol. The topological polar surface area (TPSA) is 44.4 Å². The van der Waals surface area contributed by atoms with Crippen molar-refractivity contribution in [2.24, 2.45) is 0 Å². The summed E-state index contributed by atoms with van der Waals surface area (Å²) >= 11 is 6.81. The predicted molar refractivity (Wildman–Crippen MR) is 50.9 cm³/mol. The van der Waals surface area contributed by atoms with Gasteiger partial charge in [-0.15, -0.1) is 4.52 Å². The third-order valence-electron chi connectivity index (χ3n) is 1.55. The van der Waals surface area contributed by atoms with Crippen molar-refractivity contribution < 1.29 is 9.63 Å². The van der Waals surface area contributed by atoms with Gasteiger partial charge in [-0.25, -0.2) is 0 Å². The highest BCUT2D eigenvalue weighted by molar-refractivity contribution is 7.09. The molecule has 1 aromatic heterocycles. The molecule has 0 aliphatic heterocycles. The normalized spacial score (nSPS) is 10.2. The van der Waals surface area contributed by atoms with Crippen LogP contribution < -0.4 is 0 Å². The average Bonchev–Trinajstić information content (AvgIpc) is 2.53. The molecule has 13 heavy (non-hydrogen) atoms. The van der Waals surface area contributed by atoms with Crippen LogP contribution in [0.5, 0.6) is 5.95 Å². The fourth-order valence-electron chi connectivity index (χ4n) is 0.949. The Morgan fingerprint density at radius 2 is 2.00 bits per heavy atom.